The van der Waals surface area contributed by atoms with Gasteiger partial charge in [0.15, 0.2) is 0 Å². The van der Waals surface area contributed by atoms with Crippen LogP contribution in [0.4, 0.5) is 9.59 Å². The second-order valence-electron chi connectivity index (χ2n) is 9.39. The van der Waals surface area contributed by atoms with Crippen molar-refractivity contribution in [1.82, 2.24) is 5.32 Å². The van der Waals surface area contributed by atoms with Crippen LogP contribution in [0.2, 0.25) is 0 Å². The number of fused-ring (bicyclic) bond motifs is 3. The van der Waals surface area contributed by atoms with Crippen molar-refractivity contribution in [2.45, 2.75) is 70.9 Å². The molecule has 8 heteroatoms. The van der Waals surface area contributed by atoms with Gasteiger partial charge in [-0.15, -0.1) is 0 Å². The number of carboxylic acid groups (broad SMARTS) is 1. The Hall–Kier alpha value is -3.55. The first-order chi connectivity index (χ1) is 16.5. The van der Waals surface area contributed by atoms with E-state index in [0.29, 0.717) is 6.42 Å². The van der Waals surface area contributed by atoms with Crippen molar-refractivity contribution >= 4 is 18.2 Å². The van der Waals surface area contributed by atoms with Crippen molar-refractivity contribution < 1.29 is 29.0 Å². The van der Waals surface area contributed by atoms with E-state index in [2.05, 4.69) is 29.1 Å². The number of unbranched alkanes of at least 4 members (excludes halogenated alkanes) is 2. The highest BCUT2D eigenvalue weighted by atomic mass is 16.6. The first kappa shape index (κ1) is 27.7. The molecule has 8 nitrogen and oxygen atoms in total. The fourth-order valence-corrected chi connectivity index (χ4v) is 3.94. The molecule has 0 unspecified atom stereocenters. The molecule has 0 radical (unpaired) electrons. The zero-order chi connectivity index (χ0) is 26.0. The Balaban J connectivity index is 0.000000466. The number of benzene rings is 2. The minimum absolute atomic E-state index is 0.0356. The topological polar surface area (TPSA) is 128 Å². The molecule has 0 aliphatic heterocycles. The third kappa shape index (κ3) is 8.63. The maximum atomic E-state index is 12.2. The predicted octanol–water partition coefficient (Wildman–Crippen LogP) is 5.44. The van der Waals surface area contributed by atoms with Crippen LogP contribution in [-0.4, -0.2) is 41.5 Å². The molecule has 1 aliphatic carbocycles. The van der Waals surface area contributed by atoms with E-state index in [9.17, 15) is 19.5 Å². The molecule has 0 saturated carbocycles. The molecule has 0 spiro atoms. The Bertz CT molecular complexity index is 969. The van der Waals surface area contributed by atoms with E-state index in [1.165, 1.54) is 0 Å². The smallest absolute Gasteiger partial charge is 0.407 e. The minimum Gasteiger partial charge on any atom is -0.480 e. The van der Waals surface area contributed by atoms with Gasteiger partial charge in [0.1, 0.15) is 18.2 Å². The first-order valence-corrected chi connectivity index (χ1v) is 11.9. The van der Waals surface area contributed by atoms with Crippen molar-refractivity contribution in [2.75, 3.05) is 6.61 Å². The van der Waals surface area contributed by atoms with E-state index in [4.69, 9.17) is 10.5 Å². The van der Waals surface area contributed by atoms with Crippen molar-refractivity contribution in [3.8, 4) is 11.1 Å². The third-order valence-corrected chi connectivity index (χ3v) is 5.44. The maximum absolute atomic E-state index is 12.2. The number of carboxylic acids is 1. The van der Waals surface area contributed by atoms with Gasteiger partial charge < -0.3 is 25.6 Å². The summed E-state index contributed by atoms with van der Waals surface area (Å²) in [5, 5.41) is 11.8. The van der Waals surface area contributed by atoms with Gasteiger partial charge in [-0.25, -0.2) is 14.4 Å². The number of nitrogens with one attached hydrogen (secondary N) is 1. The van der Waals surface area contributed by atoms with E-state index in [1.54, 1.807) is 20.8 Å². The third-order valence-electron chi connectivity index (χ3n) is 5.44. The van der Waals surface area contributed by atoms with E-state index in [-0.39, 0.29) is 12.5 Å². The van der Waals surface area contributed by atoms with Crippen molar-refractivity contribution in [3.05, 3.63) is 59.7 Å². The molecule has 2 aromatic carbocycles. The molecule has 2 amide bonds. The molecule has 4 N–H and O–H groups in total. The van der Waals surface area contributed by atoms with E-state index < -0.39 is 29.8 Å². The molecule has 1 atom stereocenters. The summed E-state index contributed by atoms with van der Waals surface area (Å²) in [6, 6.07) is 15.3. The molecule has 2 aromatic rings. The molecule has 0 saturated heterocycles. The number of hydrogen-bond acceptors (Lipinski definition) is 5. The van der Waals surface area contributed by atoms with Gasteiger partial charge in [0.05, 0.1) is 0 Å². The average molecular weight is 485 g/mol. The van der Waals surface area contributed by atoms with Crippen LogP contribution >= 0.6 is 0 Å². The number of ether oxygens (including phenoxy) is 2. The molecular weight excluding hydrogens is 448 g/mol. The van der Waals surface area contributed by atoms with Gasteiger partial charge in [-0.3, -0.25) is 0 Å². The van der Waals surface area contributed by atoms with E-state index >= 15 is 0 Å². The zero-order valence-electron chi connectivity index (χ0n) is 20.9. The Kier molecular flexibility index (Phi) is 10.1. The Labute approximate surface area is 206 Å². The lowest BCUT2D eigenvalue weighted by atomic mass is 9.98. The second kappa shape index (κ2) is 12.8. The SMILES string of the molecule is CC(C)(C)OC(N)=O.CCCCC[C@@H](NC(=O)OCC1c2ccccc2-c2ccccc21)C(=O)O. The van der Waals surface area contributed by atoms with Gasteiger partial charge in [0, 0.05) is 5.92 Å². The summed E-state index contributed by atoms with van der Waals surface area (Å²) in [6.07, 6.45) is 1.70. The summed E-state index contributed by atoms with van der Waals surface area (Å²) in [5.41, 5.74) is 8.84. The van der Waals surface area contributed by atoms with Crippen LogP contribution in [0.1, 0.15) is 70.4 Å². The number of amides is 2. The number of carbonyl (C=O) groups excluding carboxylic acids is 2. The number of aliphatic carboxylic acids is 1. The summed E-state index contributed by atoms with van der Waals surface area (Å²) < 4.78 is 9.99. The number of alkyl carbamates (subject to hydrolysis) is 1. The van der Waals surface area contributed by atoms with Crippen LogP contribution in [0.3, 0.4) is 0 Å². The highest BCUT2D eigenvalue weighted by Crippen LogP contribution is 2.44. The molecule has 0 bridgehead atoms. The van der Waals surface area contributed by atoms with Gasteiger partial charge in [0.25, 0.3) is 0 Å². The molecular formula is C27H36N2O6. The van der Waals surface area contributed by atoms with Crippen LogP contribution in [0, 0.1) is 0 Å². The number of nitrogens with two attached hydrogens (primary N) is 1. The van der Waals surface area contributed by atoms with Gasteiger partial charge in [-0.05, 0) is 49.4 Å². The van der Waals surface area contributed by atoms with E-state index in [1.807, 2.05) is 36.4 Å². The van der Waals surface area contributed by atoms with Gasteiger partial charge in [-0.1, -0.05) is 74.7 Å². The van der Waals surface area contributed by atoms with Crippen LogP contribution < -0.4 is 11.1 Å². The lowest BCUT2D eigenvalue weighted by Crippen LogP contribution is -2.41. The van der Waals surface area contributed by atoms with Crippen LogP contribution in [0.5, 0.6) is 0 Å². The molecule has 190 valence electrons. The van der Waals surface area contributed by atoms with Crippen LogP contribution in [-0.2, 0) is 14.3 Å². The largest absolute Gasteiger partial charge is 0.480 e. The van der Waals surface area contributed by atoms with Crippen LogP contribution in [0.15, 0.2) is 48.5 Å². The first-order valence-electron chi connectivity index (χ1n) is 11.9. The fourth-order valence-electron chi connectivity index (χ4n) is 3.94. The lowest BCUT2D eigenvalue weighted by Gasteiger charge is -2.17. The van der Waals surface area contributed by atoms with Gasteiger partial charge in [-0.2, -0.15) is 0 Å². The molecule has 3 rings (SSSR count). The van der Waals surface area contributed by atoms with Crippen LogP contribution in [0.25, 0.3) is 11.1 Å². The minimum atomic E-state index is -1.03. The zero-order valence-corrected chi connectivity index (χ0v) is 20.9. The summed E-state index contributed by atoms with van der Waals surface area (Å²) in [4.78, 5) is 33.5. The Morgan fingerprint density at radius 3 is 1.97 bits per heavy atom. The summed E-state index contributed by atoms with van der Waals surface area (Å²) in [6.45, 7) is 7.52. The molecule has 0 fully saturated rings. The number of carbonyl (C=O) groups is 3. The molecule has 1 aliphatic rings. The number of rotatable bonds is 8. The van der Waals surface area contributed by atoms with Crippen molar-refractivity contribution in [2.24, 2.45) is 5.73 Å². The number of primary amides is 1. The maximum Gasteiger partial charge on any atom is 0.407 e. The molecule has 35 heavy (non-hydrogen) atoms. The monoisotopic (exact) mass is 484 g/mol. The standard InChI is InChI=1S/C22H25NO4.C5H11NO2/c1-2-3-4-13-20(21(24)25)23-22(26)27-14-19-17-11-7-5-9-15(17)16-10-6-8-12-18(16)19;1-5(2,3)8-4(6)7/h5-12,19-20H,2-4,13-14H2,1H3,(H,23,26)(H,24,25);1-3H3,(H2,6,7)/t20-;/m1./s1. The quantitative estimate of drug-likeness (QED) is 0.428. The Morgan fingerprint density at radius 1 is 1.00 bits per heavy atom. The summed E-state index contributed by atoms with van der Waals surface area (Å²) in [7, 11) is 0. The van der Waals surface area contributed by atoms with Gasteiger partial charge in [0.2, 0.25) is 0 Å². The highest BCUT2D eigenvalue weighted by Gasteiger charge is 2.29. The number of hydrogen-bond donors (Lipinski definition) is 3. The van der Waals surface area contributed by atoms with Gasteiger partial charge >= 0.3 is 18.2 Å². The highest BCUT2D eigenvalue weighted by molar-refractivity contribution is 5.81. The predicted molar refractivity (Wildman–Crippen MR) is 134 cm³/mol. The average Bonchev–Trinajstić information content (AvgIpc) is 3.09. The second-order valence-corrected chi connectivity index (χ2v) is 9.39. The van der Waals surface area contributed by atoms with E-state index in [0.717, 1.165) is 41.5 Å². The molecule has 0 heterocycles. The van der Waals surface area contributed by atoms with Crippen molar-refractivity contribution in [3.63, 3.8) is 0 Å². The summed E-state index contributed by atoms with van der Waals surface area (Å²) in [5.74, 6) is -1.06. The molecule has 0 aromatic heterocycles. The summed E-state index contributed by atoms with van der Waals surface area (Å²) >= 11 is 0. The Morgan fingerprint density at radius 2 is 1.54 bits per heavy atom. The fraction of sp³-hybridized carbons (Fsp3) is 0.444. The lowest BCUT2D eigenvalue weighted by molar-refractivity contribution is -0.139. The van der Waals surface area contributed by atoms with Crippen molar-refractivity contribution in [1.29, 1.82) is 0 Å². The normalized spacial score (nSPS) is 12.9.